The number of carbonyl (C=O) groups is 1. The number of nitrogens with two attached hydrogens (primary N) is 1. The van der Waals surface area contributed by atoms with Gasteiger partial charge in [-0.1, -0.05) is 6.07 Å². The van der Waals surface area contributed by atoms with Crippen LogP contribution in [0.1, 0.15) is 29.2 Å². The van der Waals surface area contributed by atoms with Gasteiger partial charge in [0.2, 0.25) is 0 Å². The highest BCUT2D eigenvalue weighted by Crippen LogP contribution is 2.22. The van der Waals surface area contributed by atoms with Gasteiger partial charge < -0.3 is 10.6 Å². The highest BCUT2D eigenvalue weighted by Gasteiger charge is 2.25. The van der Waals surface area contributed by atoms with Crippen LogP contribution in [0.15, 0.2) is 42.7 Å². The number of hydrogen-bond donors (Lipinski definition) is 1. The van der Waals surface area contributed by atoms with Gasteiger partial charge in [-0.2, -0.15) is 5.10 Å². The summed E-state index contributed by atoms with van der Waals surface area (Å²) in [5.74, 6) is 0.0501. The number of rotatable bonds is 2. The summed E-state index contributed by atoms with van der Waals surface area (Å²) in [4.78, 5) is 14.4. The van der Waals surface area contributed by atoms with Crippen molar-refractivity contribution in [1.82, 2.24) is 14.7 Å². The average molecular weight is 270 g/mol. The maximum atomic E-state index is 12.5. The molecule has 1 aromatic heterocycles. The van der Waals surface area contributed by atoms with E-state index < -0.39 is 0 Å². The molecule has 1 aromatic carbocycles. The Morgan fingerprint density at radius 3 is 3.00 bits per heavy atom. The predicted octanol–water partition coefficient (Wildman–Crippen LogP) is 1.94. The summed E-state index contributed by atoms with van der Waals surface area (Å²) in [5, 5.41) is 4.28. The van der Waals surface area contributed by atoms with Gasteiger partial charge in [-0.05, 0) is 37.1 Å². The average Bonchev–Trinajstić information content (AvgIpc) is 3.01. The molecule has 104 valence electrons. The summed E-state index contributed by atoms with van der Waals surface area (Å²) in [6.07, 6.45) is 5.79. The lowest BCUT2D eigenvalue weighted by molar-refractivity contribution is 0.0673. The second kappa shape index (κ2) is 5.36. The molecule has 0 saturated carbocycles. The second-order valence-corrected chi connectivity index (χ2v) is 5.16. The van der Waals surface area contributed by atoms with E-state index in [-0.39, 0.29) is 11.9 Å². The number of carbonyl (C=O) groups excluding carboxylic acids is 1. The Kier molecular flexibility index (Phi) is 3.41. The minimum atomic E-state index is 0.0501. The lowest BCUT2D eigenvalue weighted by atomic mass is 10.0. The molecule has 0 radical (unpaired) electrons. The number of anilines is 1. The van der Waals surface area contributed by atoms with E-state index in [0.29, 0.717) is 17.8 Å². The Labute approximate surface area is 118 Å². The topological polar surface area (TPSA) is 64.2 Å². The summed E-state index contributed by atoms with van der Waals surface area (Å²) in [6, 6.07) is 9.34. The number of piperidine rings is 1. The second-order valence-electron chi connectivity index (χ2n) is 5.16. The molecule has 5 nitrogen and oxygen atoms in total. The molecule has 2 aromatic rings. The van der Waals surface area contributed by atoms with Gasteiger partial charge in [-0.3, -0.25) is 9.48 Å². The molecule has 0 spiro atoms. The van der Waals surface area contributed by atoms with Crippen LogP contribution in [0.5, 0.6) is 0 Å². The van der Waals surface area contributed by atoms with Crippen molar-refractivity contribution >= 4 is 11.6 Å². The zero-order valence-electron chi connectivity index (χ0n) is 11.3. The normalized spacial score (nSPS) is 19.0. The van der Waals surface area contributed by atoms with Crippen molar-refractivity contribution in [3.8, 4) is 0 Å². The molecule has 0 aliphatic carbocycles. The molecule has 1 saturated heterocycles. The number of nitrogen functional groups attached to an aromatic ring is 1. The van der Waals surface area contributed by atoms with Crippen molar-refractivity contribution in [3.63, 3.8) is 0 Å². The van der Waals surface area contributed by atoms with E-state index in [9.17, 15) is 4.79 Å². The molecule has 1 aliphatic heterocycles. The first-order chi connectivity index (χ1) is 9.74. The molecule has 20 heavy (non-hydrogen) atoms. The van der Waals surface area contributed by atoms with Gasteiger partial charge in [0.15, 0.2) is 0 Å². The molecule has 3 rings (SSSR count). The smallest absolute Gasteiger partial charge is 0.254 e. The van der Waals surface area contributed by atoms with Crippen LogP contribution in [0.2, 0.25) is 0 Å². The van der Waals surface area contributed by atoms with Crippen molar-refractivity contribution in [2.75, 3.05) is 18.8 Å². The number of amides is 1. The van der Waals surface area contributed by atoms with Gasteiger partial charge in [0, 0.05) is 36.7 Å². The lowest BCUT2D eigenvalue weighted by Gasteiger charge is -2.33. The SMILES string of the molecule is Nc1cccc(C(=O)N2CCCC(n3cccn3)C2)c1. The van der Waals surface area contributed by atoms with E-state index in [1.165, 1.54) is 0 Å². The zero-order valence-corrected chi connectivity index (χ0v) is 11.3. The Morgan fingerprint density at radius 1 is 1.35 bits per heavy atom. The van der Waals surface area contributed by atoms with E-state index in [2.05, 4.69) is 5.10 Å². The van der Waals surface area contributed by atoms with E-state index in [1.54, 1.807) is 18.3 Å². The fraction of sp³-hybridized carbons (Fsp3) is 0.333. The maximum Gasteiger partial charge on any atom is 0.254 e. The van der Waals surface area contributed by atoms with Gasteiger partial charge in [0.25, 0.3) is 5.91 Å². The third kappa shape index (κ3) is 2.52. The Morgan fingerprint density at radius 2 is 2.25 bits per heavy atom. The molecule has 1 atom stereocenters. The molecule has 1 unspecified atom stereocenters. The quantitative estimate of drug-likeness (QED) is 0.848. The van der Waals surface area contributed by atoms with Crippen molar-refractivity contribution in [1.29, 1.82) is 0 Å². The molecule has 1 aliphatic rings. The molecular weight excluding hydrogens is 252 g/mol. The van der Waals surface area contributed by atoms with Crippen LogP contribution in [0.25, 0.3) is 0 Å². The summed E-state index contributed by atoms with van der Waals surface area (Å²) >= 11 is 0. The highest BCUT2D eigenvalue weighted by molar-refractivity contribution is 5.95. The standard InChI is InChI=1S/C15H18N4O/c16-13-5-1-4-12(10-13)15(20)18-8-2-6-14(11-18)19-9-3-7-17-19/h1,3-5,7,9-10,14H,2,6,8,11,16H2. The van der Waals surface area contributed by atoms with Crippen molar-refractivity contribution in [2.24, 2.45) is 0 Å². The Bertz CT molecular complexity index is 594. The van der Waals surface area contributed by atoms with Crippen LogP contribution < -0.4 is 5.73 Å². The summed E-state index contributed by atoms with van der Waals surface area (Å²) < 4.78 is 1.94. The van der Waals surface area contributed by atoms with Crippen LogP contribution in [0.3, 0.4) is 0 Å². The van der Waals surface area contributed by atoms with E-state index in [4.69, 9.17) is 5.73 Å². The molecule has 2 heterocycles. The third-order valence-electron chi connectivity index (χ3n) is 3.72. The van der Waals surface area contributed by atoms with Crippen LogP contribution >= 0.6 is 0 Å². The van der Waals surface area contributed by atoms with Crippen LogP contribution in [0.4, 0.5) is 5.69 Å². The summed E-state index contributed by atoms with van der Waals surface area (Å²) in [6.45, 7) is 1.50. The fourth-order valence-electron chi connectivity index (χ4n) is 2.71. The van der Waals surface area contributed by atoms with Crippen molar-refractivity contribution < 1.29 is 4.79 Å². The molecule has 1 amide bonds. The number of aromatic nitrogens is 2. The number of nitrogens with zero attached hydrogens (tertiary/aromatic N) is 3. The Balaban J connectivity index is 1.75. The molecular formula is C15H18N4O. The lowest BCUT2D eigenvalue weighted by Crippen LogP contribution is -2.40. The monoisotopic (exact) mass is 270 g/mol. The van der Waals surface area contributed by atoms with Crippen LogP contribution in [0, 0.1) is 0 Å². The van der Waals surface area contributed by atoms with E-state index in [1.807, 2.05) is 34.0 Å². The predicted molar refractivity (Wildman–Crippen MR) is 77.3 cm³/mol. The summed E-state index contributed by atoms with van der Waals surface area (Å²) in [5.41, 5.74) is 7.03. The number of hydrogen-bond acceptors (Lipinski definition) is 3. The molecule has 2 N–H and O–H groups in total. The first-order valence-electron chi connectivity index (χ1n) is 6.88. The van der Waals surface area contributed by atoms with Gasteiger partial charge in [0.05, 0.1) is 6.04 Å². The third-order valence-corrected chi connectivity index (χ3v) is 3.72. The maximum absolute atomic E-state index is 12.5. The first-order valence-corrected chi connectivity index (χ1v) is 6.88. The van der Waals surface area contributed by atoms with Crippen molar-refractivity contribution in [3.05, 3.63) is 48.3 Å². The Hall–Kier alpha value is -2.30. The minimum absolute atomic E-state index is 0.0501. The number of likely N-dealkylation sites (tertiary alicyclic amines) is 1. The van der Waals surface area contributed by atoms with Crippen LogP contribution in [-0.4, -0.2) is 33.7 Å². The van der Waals surface area contributed by atoms with Gasteiger partial charge in [0.1, 0.15) is 0 Å². The highest BCUT2D eigenvalue weighted by atomic mass is 16.2. The zero-order chi connectivity index (χ0) is 13.9. The van der Waals surface area contributed by atoms with Crippen LogP contribution in [-0.2, 0) is 0 Å². The van der Waals surface area contributed by atoms with E-state index in [0.717, 1.165) is 19.4 Å². The number of benzene rings is 1. The summed E-state index contributed by atoms with van der Waals surface area (Å²) in [7, 11) is 0. The fourth-order valence-corrected chi connectivity index (χ4v) is 2.71. The largest absolute Gasteiger partial charge is 0.399 e. The van der Waals surface area contributed by atoms with Gasteiger partial charge in [-0.15, -0.1) is 0 Å². The van der Waals surface area contributed by atoms with E-state index >= 15 is 0 Å². The minimum Gasteiger partial charge on any atom is -0.399 e. The first kappa shape index (κ1) is 12.7. The molecule has 5 heteroatoms. The van der Waals surface area contributed by atoms with Crippen molar-refractivity contribution in [2.45, 2.75) is 18.9 Å². The molecule has 1 fully saturated rings. The van der Waals surface area contributed by atoms with Gasteiger partial charge in [-0.25, -0.2) is 0 Å². The molecule has 0 bridgehead atoms. The van der Waals surface area contributed by atoms with Gasteiger partial charge >= 0.3 is 0 Å².